The zero-order valence-electron chi connectivity index (χ0n) is 23.2. The van der Waals surface area contributed by atoms with Gasteiger partial charge in [0.05, 0.1) is 39.6 Å². The van der Waals surface area contributed by atoms with Crippen LogP contribution >= 0.6 is 0 Å². The van der Waals surface area contributed by atoms with Gasteiger partial charge in [0, 0.05) is 6.92 Å². The van der Waals surface area contributed by atoms with Gasteiger partial charge in [-0.25, -0.2) is 0 Å². The molecule has 1 heterocycles. The lowest BCUT2D eigenvalue weighted by Crippen LogP contribution is -2.66. The van der Waals surface area contributed by atoms with Gasteiger partial charge < -0.3 is 39.2 Å². The van der Waals surface area contributed by atoms with Gasteiger partial charge in [0.2, 0.25) is 5.91 Å². The molecule has 0 radical (unpaired) electrons. The fourth-order valence-electron chi connectivity index (χ4n) is 4.63. The molecule has 1 aliphatic heterocycles. The number of hydrogen-bond acceptors (Lipinski definition) is 8. The van der Waals surface area contributed by atoms with E-state index in [-0.39, 0.29) is 32.3 Å². The highest BCUT2D eigenvalue weighted by Crippen LogP contribution is 2.29. The lowest BCUT2D eigenvalue weighted by Gasteiger charge is -2.46. The lowest BCUT2D eigenvalue weighted by molar-refractivity contribution is -0.293. The molecule has 0 aliphatic carbocycles. The number of hydrogen-bond donors (Lipinski definition) is 3. The van der Waals surface area contributed by atoms with E-state index in [1.807, 2.05) is 91.0 Å². The summed E-state index contributed by atoms with van der Waals surface area (Å²) in [5.41, 5.74) is 2.89. The quantitative estimate of drug-likeness (QED) is 0.258. The molecule has 1 amide bonds. The summed E-state index contributed by atoms with van der Waals surface area (Å²) in [6.45, 7) is 1.78. The highest BCUT2D eigenvalue weighted by Gasteiger charge is 2.49. The summed E-state index contributed by atoms with van der Waals surface area (Å²) in [5, 5.41) is 22.5. The predicted molar refractivity (Wildman–Crippen MR) is 151 cm³/mol. The Morgan fingerprint density at radius 2 is 1.34 bits per heavy atom. The minimum atomic E-state index is -1.11. The van der Waals surface area contributed by atoms with Crippen LogP contribution in [0.4, 0.5) is 0 Å². The van der Waals surface area contributed by atoms with Gasteiger partial charge in [-0.15, -0.1) is 0 Å². The molecular formula is C32H39NO8. The second kappa shape index (κ2) is 16.3. The first-order valence-electron chi connectivity index (χ1n) is 13.8. The van der Waals surface area contributed by atoms with Gasteiger partial charge in [0.1, 0.15) is 30.5 Å². The van der Waals surface area contributed by atoms with Crippen molar-refractivity contribution in [2.45, 2.75) is 63.5 Å². The van der Waals surface area contributed by atoms with E-state index in [9.17, 15) is 15.0 Å². The summed E-state index contributed by atoms with van der Waals surface area (Å²) in [6, 6.07) is 28.3. The summed E-state index contributed by atoms with van der Waals surface area (Å²) in [6.07, 6.45) is -4.14. The minimum Gasteiger partial charge on any atom is -0.394 e. The third-order valence-corrected chi connectivity index (χ3v) is 6.64. The van der Waals surface area contributed by atoms with E-state index in [4.69, 9.17) is 23.7 Å². The number of aliphatic hydroxyl groups is 2. The highest BCUT2D eigenvalue weighted by molar-refractivity contribution is 5.73. The van der Waals surface area contributed by atoms with E-state index in [1.165, 1.54) is 6.92 Å². The van der Waals surface area contributed by atoms with Gasteiger partial charge in [0.15, 0.2) is 6.29 Å². The fourth-order valence-corrected chi connectivity index (χ4v) is 4.63. The summed E-state index contributed by atoms with van der Waals surface area (Å²) >= 11 is 0. The van der Waals surface area contributed by atoms with E-state index >= 15 is 0 Å². The van der Waals surface area contributed by atoms with Gasteiger partial charge in [-0.2, -0.15) is 0 Å². The summed E-state index contributed by atoms with van der Waals surface area (Å²) < 4.78 is 31.3. The van der Waals surface area contributed by atoms with Crippen LogP contribution in [0, 0.1) is 0 Å². The van der Waals surface area contributed by atoms with E-state index in [2.05, 4.69) is 5.32 Å². The van der Waals surface area contributed by atoms with Crippen molar-refractivity contribution >= 4 is 5.91 Å². The van der Waals surface area contributed by atoms with Crippen molar-refractivity contribution in [2.75, 3.05) is 19.8 Å². The summed E-state index contributed by atoms with van der Waals surface area (Å²) in [4.78, 5) is 12.3. The average molecular weight is 566 g/mol. The number of carbonyl (C=O) groups is 1. The Morgan fingerprint density at radius 1 is 0.805 bits per heavy atom. The molecule has 0 saturated carbocycles. The van der Waals surface area contributed by atoms with Crippen molar-refractivity contribution in [2.24, 2.45) is 0 Å². The first-order valence-corrected chi connectivity index (χ1v) is 13.8. The molecule has 1 fully saturated rings. The maximum absolute atomic E-state index is 12.3. The number of carbonyl (C=O) groups excluding carboxylic acids is 1. The number of rotatable bonds is 15. The SMILES string of the molecule is CC(=O)N[C@H]1[C@@H](OCc2ccccc2)O[C@H](COCc2ccccc2)[C@@H](OCc2ccccc2)[C@@H]1OCC(O)CO. The Morgan fingerprint density at radius 3 is 1.88 bits per heavy atom. The van der Waals surface area contributed by atoms with Gasteiger partial charge >= 0.3 is 0 Å². The first-order chi connectivity index (χ1) is 20.0. The Hall–Kier alpha value is -3.15. The molecule has 0 bridgehead atoms. The Balaban J connectivity index is 1.59. The van der Waals surface area contributed by atoms with E-state index < -0.39 is 43.4 Å². The van der Waals surface area contributed by atoms with Crippen LogP contribution in [-0.4, -0.2) is 72.7 Å². The number of benzene rings is 3. The molecule has 3 aromatic carbocycles. The Bertz CT molecular complexity index is 1150. The van der Waals surface area contributed by atoms with Crippen molar-refractivity contribution in [3.63, 3.8) is 0 Å². The van der Waals surface area contributed by atoms with E-state index in [0.717, 1.165) is 16.7 Å². The zero-order valence-corrected chi connectivity index (χ0v) is 23.2. The smallest absolute Gasteiger partial charge is 0.217 e. The minimum absolute atomic E-state index is 0.161. The Kier molecular flexibility index (Phi) is 12.3. The van der Waals surface area contributed by atoms with Crippen molar-refractivity contribution in [3.05, 3.63) is 108 Å². The van der Waals surface area contributed by atoms with Gasteiger partial charge in [0.25, 0.3) is 0 Å². The molecule has 6 atom stereocenters. The topological polar surface area (TPSA) is 116 Å². The maximum atomic E-state index is 12.3. The van der Waals surface area contributed by atoms with Crippen molar-refractivity contribution in [1.29, 1.82) is 0 Å². The molecular weight excluding hydrogens is 526 g/mol. The van der Waals surface area contributed by atoms with Crippen LogP contribution in [0.15, 0.2) is 91.0 Å². The molecule has 1 saturated heterocycles. The molecule has 3 aromatic rings. The Labute approximate surface area is 241 Å². The second-order valence-corrected chi connectivity index (χ2v) is 9.96. The normalized spacial score (nSPS) is 23.1. The monoisotopic (exact) mass is 565 g/mol. The van der Waals surface area contributed by atoms with Crippen molar-refractivity contribution in [1.82, 2.24) is 5.32 Å². The molecule has 9 heteroatoms. The third kappa shape index (κ3) is 9.72. The zero-order chi connectivity index (χ0) is 28.9. The molecule has 0 aromatic heterocycles. The molecule has 1 unspecified atom stereocenters. The number of nitrogens with one attached hydrogen (secondary N) is 1. The highest BCUT2D eigenvalue weighted by atomic mass is 16.7. The molecule has 9 nitrogen and oxygen atoms in total. The summed E-state index contributed by atoms with van der Waals surface area (Å²) in [5.74, 6) is -0.302. The van der Waals surface area contributed by atoms with Crippen LogP contribution in [0.1, 0.15) is 23.6 Å². The van der Waals surface area contributed by atoms with E-state index in [0.29, 0.717) is 6.61 Å². The van der Waals surface area contributed by atoms with Crippen LogP contribution in [-0.2, 0) is 48.3 Å². The van der Waals surface area contributed by atoms with Gasteiger partial charge in [-0.05, 0) is 16.7 Å². The largest absolute Gasteiger partial charge is 0.394 e. The number of aliphatic hydroxyl groups excluding tert-OH is 2. The van der Waals surface area contributed by atoms with Gasteiger partial charge in [-0.3, -0.25) is 4.79 Å². The third-order valence-electron chi connectivity index (χ3n) is 6.64. The predicted octanol–water partition coefficient (Wildman–Crippen LogP) is 2.97. The fraction of sp³-hybridized carbons (Fsp3) is 0.406. The number of ether oxygens (including phenoxy) is 5. The first kappa shape index (κ1) is 30.8. The van der Waals surface area contributed by atoms with Crippen LogP contribution in [0.25, 0.3) is 0 Å². The van der Waals surface area contributed by atoms with E-state index in [1.54, 1.807) is 0 Å². The van der Waals surface area contributed by atoms with Gasteiger partial charge in [-0.1, -0.05) is 91.0 Å². The van der Waals surface area contributed by atoms with Crippen LogP contribution < -0.4 is 5.32 Å². The molecule has 220 valence electrons. The van der Waals surface area contributed by atoms with Crippen molar-refractivity contribution < 1.29 is 38.7 Å². The molecule has 1 aliphatic rings. The van der Waals surface area contributed by atoms with Crippen LogP contribution in [0.3, 0.4) is 0 Å². The number of amides is 1. The molecule has 41 heavy (non-hydrogen) atoms. The lowest BCUT2D eigenvalue weighted by atomic mass is 9.95. The standard InChI is InChI=1S/C32H39NO8/c1-23(35)33-29-31(39-21-27(36)17-34)30(38-19-25-13-7-3-8-14-25)28(22-37-18-24-11-5-2-6-12-24)41-32(29)40-20-26-15-9-4-10-16-26/h2-16,27-32,34,36H,17-22H2,1H3,(H,33,35)/t27?,28-,29-,30-,31-,32+/m1/s1. The van der Waals surface area contributed by atoms with Crippen molar-refractivity contribution in [3.8, 4) is 0 Å². The summed E-state index contributed by atoms with van der Waals surface area (Å²) in [7, 11) is 0. The second-order valence-electron chi connectivity index (χ2n) is 9.96. The average Bonchev–Trinajstić information content (AvgIpc) is 3.00. The van der Waals surface area contributed by atoms with Crippen LogP contribution in [0.5, 0.6) is 0 Å². The molecule has 3 N–H and O–H groups in total. The molecule has 4 rings (SSSR count). The molecule has 0 spiro atoms. The van der Waals surface area contributed by atoms with Crippen LogP contribution in [0.2, 0.25) is 0 Å². The maximum Gasteiger partial charge on any atom is 0.217 e.